The molecule has 8 heteroatoms. The van der Waals surface area contributed by atoms with Crippen molar-refractivity contribution < 1.29 is 39.2 Å². The molecule has 136 valence electrons. The molecule has 3 N–H and O–H groups in total. The van der Waals surface area contributed by atoms with Crippen LogP contribution in [-0.4, -0.2) is 46.3 Å². The van der Waals surface area contributed by atoms with Gasteiger partial charge < -0.3 is 20.1 Å². The Morgan fingerprint density at radius 3 is 1.58 bits per heavy atom. The third-order valence-electron chi connectivity index (χ3n) is 2.04. The van der Waals surface area contributed by atoms with Crippen molar-refractivity contribution in [3.8, 4) is 0 Å². The molecule has 0 aromatic rings. The van der Waals surface area contributed by atoms with E-state index < -0.39 is 17.9 Å². The highest BCUT2D eigenvalue weighted by Crippen LogP contribution is 2.03. The van der Waals surface area contributed by atoms with Crippen LogP contribution in [0.1, 0.15) is 33.1 Å². The molecule has 0 unspecified atom stereocenters. The molecule has 0 amide bonds. The number of aliphatic carboxylic acids is 3. The van der Waals surface area contributed by atoms with Gasteiger partial charge >= 0.3 is 23.9 Å². The van der Waals surface area contributed by atoms with Crippen molar-refractivity contribution in [1.82, 2.24) is 0 Å². The maximum atomic E-state index is 10.2. The minimum absolute atomic E-state index is 0.317. The summed E-state index contributed by atoms with van der Waals surface area (Å²) in [5.74, 6) is -3.73. The van der Waals surface area contributed by atoms with E-state index in [-0.39, 0.29) is 5.97 Å². The molecule has 0 fully saturated rings. The standard InChI is InChI=1S/C7H12O2.C5H8O2.C4H4O4/c1-3-4-5-6(2)7(8)9;1-4(2)5(6)7-3;5-3(6)1-2-4(7)8/h2-5H2,1H3,(H,8,9);1H2,2-3H3;1-2H,(H,5,6)(H,7,8)/b;;2-1+. The molecule has 0 rings (SSSR count). The molecule has 0 atom stereocenters. The molecule has 8 nitrogen and oxygen atoms in total. The van der Waals surface area contributed by atoms with Gasteiger partial charge in [0.2, 0.25) is 0 Å². The second kappa shape index (κ2) is 16.5. The van der Waals surface area contributed by atoms with Crippen LogP contribution in [0.2, 0.25) is 0 Å². The molecule has 0 aliphatic carbocycles. The van der Waals surface area contributed by atoms with Crippen LogP contribution in [0.15, 0.2) is 36.5 Å². The molecule has 24 heavy (non-hydrogen) atoms. The number of carboxylic acids is 3. The summed E-state index contributed by atoms with van der Waals surface area (Å²) in [7, 11) is 1.33. The van der Waals surface area contributed by atoms with Crippen LogP contribution in [0.3, 0.4) is 0 Å². The van der Waals surface area contributed by atoms with Gasteiger partial charge in [0, 0.05) is 23.3 Å². The van der Waals surface area contributed by atoms with Gasteiger partial charge in [-0.1, -0.05) is 26.5 Å². The van der Waals surface area contributed by atoms with Gasteiger partial charge in [-0.25, -0.2) is 19.2 Å². The van der Waals surface area contributed by atoms with E-state index in [1.54, 1.807) is 6.92 Å². The predicted molar refractivity (Wildman–Crippen MR) is 87.5 cm³/mol. The predicted octanol–water partition coefficient (Wildman–Crippen LogP) is 2.26. The Morgan fingerprint density at radius 1 is 1.00 bits per heavy atom. The summed E-state index contributed by atoms with van der Waals surface area (Å²) in [5.41, 5.74) is 0.749. The lowest BCUT2D eigenvalue weighted by molar-refractivity contribution is -0.136. The zero-order chi connectivity index (χ0) is 19.7. The fourth-order valence-electron chi connectivity index (χ4n) is 0.814. The second-order valence-electron chi connectivity index (χ2n) is 4.29. The van der Waals surface area contributed by atoms with Crippen molar-refractivity contribution in [2.75, 3.05) is 7.11 Å². The Hall–Kier alpha value is -2.90. The molecule has 0 radical (unpaired) electrons. The van der Waals surface area contributed by atoms with Crippen molar-refractivity contribution >= 4 is 23.9 Å². The van der Waals surface area contributed by atoms with Gasteiger partial charge in [0.1, 0.15) is 0 Å². The summed E-state index contributed by atoms with van der Waals surface area (Å²) in [6.07, 6.45) is 3.67. The third-order valence-corrected chi connectivity index (χ3v) is 2.04. The maximum absolute atomic E-state index is 10.2. The Kier molecular flexibility index (Phi) is 17.9. The van der Waals surface area contributed by atoms with E-state index in [4.69, 9.17) is 15.3 Å². The normalized spacial score (nSPS) is 8.79. The Labute approximate surface area is 140 Å². The monoisotopic (exact) mass is 344 g/mol. The van der Waals surface area contributed by atoms with E-state index in [1.807, 2.05) is 6.92 Å². The lowest BCUT2D eigenvalue weighted by Crippen LogP contribution is -1.98. The number of methoxy groups -OCH3 is 1. The number of carbonyl (C=O) groups excluding carboxylic acids is 1. The summed E-state index contributed by atoms with van der Waals surface area (Å²) >= 11 is 0. The van der Waals surface area contributed by atoms with Gasteiger partial charge in [-0.15, -0.1) is 0 Å². The van der Waals surface area contributed by atoms with Crippen LogP contribution >= 0.6 is 0 Å². The molecular weight excluding hydrogens is 320 g/mol. The summed E-state index contributed by atoms with van der Waals surface area (Å²) < 4.78 is 4.27. The van der Waals surface area contributed by atoms with Crippen LogP contribution in [-0.2, 0) is 23.9 Å². The Balaban J connectivity index is -0.000000278. The summed E-state index contributed by atoms with van der Waals surface area (Å²) in [6.45, 7) is 10.4. The van der Waals surface area contributed by atoms with Crippen molar-refractivity contribution in [2.45, 2.75) is 33.1 Å². The van der Waals surface area contributed by atoms with Crippen molar-refractivity contribution in [3.05, 3.63) is 36.5 Å². The molecule has 0 aliphatic heterocycles. The second-order valence-corrected chi connectivity index (χ2v) is 4.29. The average Bonchev–Trinajstić information content (AvgIpc) is 2.50. The largest absolute Gasteiger partial charge is 0.478 e. The highest BCUT2D eigenvalue weighted by atomic mass is 16.5. The van der Waals surface area contributed by atoms with Gasteiger partial charge in [0.15, 0.2) is 0 Å². The number of unbranched alkanes of at least 4 members (excludes halogenated alkanes) is 1. The molecular formula is C16H24O8. The number of hydrogen-bond donors (Lipinski definition) is 3. The highest BCUT2D eigenvalue weighted by Gasteiger charge is 2.00. The van der Waals surface area contributed by atoms with E-state index in [9.17, 15) is 19.2 Å². The molecule has 0 saturated heterocycles. The molecule has 0 bridgehead atoms. The molecule has 0 aromatic carbocycles. The first-order valence-corrected chi connectivity index (χ1v) is 6.78. The van der Waals surface area contributed by atoms with Crippen LogP contribution < -0.4 is 0 Å². The molecule has 0 aromatic heterocycles. The van der Waals surface area contributed by atoms with E-state index in [2.05, 4.69) is 17.9 Å². The van der Waals surface area contributed by atoms with E-state index in [0.29, 0.717) is 29.7 Å². The highest BCUT2D eigenvalue weighted by molar-refractivity contribution is 5.89. The summed E-state index contributed by atoms with van der Waals surface area (Å²) in [5, 5.41) is 23.9. The first-order chi connectivity index (χ1) is 11.0. The minimum atomic E-state index is -1.26. The third kappa shape index (κ3) is 24.1. The van der Waals surface area contributed by atoms with Gasteiger partial charge in [-0.05, 0) is 19.8 Å². The SMILES string of the molecule is C=C(C)C(=O)OC.C=C(CCCC)C(=O)O.O=C(O)/C=C/C(=O)O. The minimum Gasteiger partial charge on any atom is -0.478 e. The number of carbonyl (C=O) groups is 4. The molecule has 0 aliphatic rings. The van der Waals surface area contributed by atoms with Gasteiger partial charge in [-0.2, -0.15) is 0 Å². The average molecular weight is 344 g/mol. The lowest BCUT2D eigenvalue weighted by atomic mass is 10.1. The number of carboxylic acid groups (broad SMARTS) is 3. The fraction of sp³-hybridized carbons (Fsp3) is 0.375. The van der Waals surface area contributed by atoms with Crippen molar-refractivity contribution in [1.29, 1.82) is 0 Å². The Bertz CT molecular complexity index is 472. The molecule has 0 heterocycles. The maximum Gasteiger partial charge on any atom is 0.332 e. The molecule has 0 saturated carbocycles. The summed E-state index contributed by atoms with van der Waals surface area (Å²) in [4.78, 5) is 39.4. The van der Waals surface area contributed by atoms with Crippen LogP contribution in [0, 0.1) is 0 Å². The zero-order valence-corrected chi connectivity index (χ0v) is 14.1. The first kappa shape index (κ1) is 26.0. The van der Waals surface area contributed by atoms with E-state index >= 15 is 0 Å². The van der Waals surface area contributed by atoms with E-state index in [1.165, 1.54) is 7.11 Å². The fourth-order valence-corrected chi connectivity index (χ4v) is 0.814. The van der Waals surface area contributed by atoms with Crippen LogP contribution in [0.25, 0.3) is 0 Å². The topological polar surface area (TPSA) is 138 Å². The number of esters is 1. The van der Waals surface area contributed by atoms with Crippen molar-refractivity contribution in [2.24, 2.45) is 0 Å². The zero-order valence-electron chi connectivity index (χ0n) is 14.1. The van der Waals surface area contributed by atoms with Gasteiger partial charge in [-0.3, -0.25) is 0 Å². The lowest BCUT2D eigenvalue weighted by Gasteiger charge is -1.95. The van der Waals surface area contributed by atoms with Crippen LogP contribution in [0.4, 0.5) is 0 Å². The van der Waals surface area contributed by atoms with Crippen LogP contribution in [0.5, 0.6) is 0 Å². The number of ether oxygens (including phenoxy) is 1. The smallest absolute Gasteiger partial charge is 0.332 e. The first-order valence-electron chi connectivity index (χ1n) is 6.78. The summed E-state index contributed by atoms with van der Waals surface area (Å²) in [6, 6.07) is 0. The Morgan fingerprint density at radius 2 is 1.42 bits per heavy atom. The van der Waals surface area contributed by atoms with Gasteiger partial charge in [0.05, 0.1) is 7.11 Å². The van der Waals surface area contributed by atoms with Gasteiger partial charge in [0.25, 0.3) is 0 Å². The van der Waals surface area contributed by atoms with Crippen molar-refractivity contribution in [3.63, 3.8) is 0 Å². The molecule has 0 spiro atoms. The number of rotatable bonds is 7. The number of hydrogen-bond acceptors (Lipinski definition) is 5. The van der Waals surface area contributed by atoms with E-state index in [0.717, 1.165) is 12.8 Å². The quantitative estimate of drug-likeness (QED) is 0.472.